The maximum absolute atomic E-state index is 11.7. The van der Waals surface area contributed by atoms with E-state index in [9.17, 15) is 9.59 Å². The molecule has 0 bridgehead atoms. The summed E-state index contributed by atoms with van der Waals surface area (Å²) in [5.74, 6) is -0.792. The fourth-order valence-electron chi connectivity index (χ4n) is 1.96. The van der Waals surface area contributed by atoms with E-state index in [0.717, 1.165) is 0 Å². The number of aromatic amines is 1. The summed E-state index contributed by atoms with van der Waals surface area (Å²) < 4.78 is 5.59. The molecule has 1 heterocycles. The Morgan fingerprint density at radius 1 is 1.37 bits per heavy atom. The number of rotatable bonds is 6. The molecule has 0 saturated heterocycles. The second-order valence-electron chi connectivity index (χ2n) is 5.56. The van der Waals surface area contributed by atoms with Crippen molar-refractivity contribution in [3.8, 4) is 17.7 Å². The Hall–Kier alpha value is -3.09. The Morgan fingerprint density at radius 2 is 2.00 bits per heavy atom. The highest BCUT2D eigenvalue weighted by Gasteiger charge is 2.14. The van der Waals surface area contributed by atoms with Crippen LogP contribution in [0.2, 0.25) is 10.0 Å². The van der Waals surface area contributed by atoms with Gasteiger partial charge in [0, 0.05) is 11.6 Å². The van der Waals surface area contributed by atoms with Crippen molar-refractivity contribution in [2.75, 3.05) is 5.43 Å². The average Bonchev–Trinajstić information content (AvgIpc) is 2.59. The van der Waals surface area contributed by atoms with Gasteiger partial charge in [-0.05, 0) is 18.1 Å². The maximum atomic E-state index is 11.7. The van der Waals surface area contributed by atoms with E-state index in [-0.39, 0.29) is 33.2 Å². The summed E-state index contributed by atoms with van der Waals surface area (Å²) in [6, 6.07) is 5.88. The first-order chi connectivity index (χ1) is 12.7. The molecule has 0 aliphatic rings. The molecule has 0 saturated carbocycles. The second-order valence-corrected chi connectivity index (χ2v) is 6.38. The van der Waals surface area contributed by atoms with Crippen LogP contribution in [0.15, 0.2) is 28.1 Å². The highest BCUT2D eigenvalue weighted by Crippen LogP contribution is 2.38. The lowest BCUT2D eigenvalue weighted by Crippen LogP contribution is -2.22. The molecule has 11 heteroatoms. The van der Waals surface area contributed by atoms with Crippen LogP contribution in [0.4, 0.5) is 5.69 Å². The summed E-state index contributed by atoms with van der Waals surface area (Å²) in [7, 11) is 0. The fourth-order valence-corrected chi connectivity index (χ4v) is 2.53. The molecule has 0 spiro atoms. The highest BCUT2D eigenvalue weighted by molar-refractivity contribution is 6.44. The van der Waals surface area contributed by atoms with Gasteiger partial charge in [-0.15, -0.1) is 5.10 Å². The van der Waals surface area contributed by atoms with Gasteiger partial charge < -0.3 is 10.5 Å². The molecule has 0 radical (unpaired) electrons. The van der Waals surface area contributed by atoms with Crippen LogP contribution in [-0.4, -0.2) is 21.8 Å². The van der Waals surface area contributed by atoms with Crippen molar-refractivity contribution in [3.05, 3.63) is 44.2 Å². The highest BCUT2D eigenvalue weighted by atomic mass is 35.5. The number of nitrogens with zero attached hydrogens (tertiary/aromatic N) is 3. The van der Waals surface area contributed by atoms with Crippen molar-refractivity contribution >= 4 is 40.5 Å². The second kappa shape index (κ2) is 8.53. The number of carbonyl (C=O) groups excluding carboxylic acids is 1. The number of amides is 1. The summed E-state index contributed by atoms with van der Waals surface area (Å²) in [6.07, 6.45) is 0. The van der Waals surface area contributed by atoms with Crippen LogP contribution in [0.5, 0.6) is 11.6 Å². The first kappa shape index (κ1) is 20.2. The van der Waals surface area contributed by atoms with Crippen molar-refractivity contribution in [2.45, 2.75) is 19.8 Å². The molecule has 2 rings (SSSR count). The number of carbonyl (C=O) groups is 1. The largest absolute Gasteiger partial charge is 0.434 e. The summed E-state index contributed by atoms with van der Waals surface area (Å²) in [6.45, 7) is 3.72. The van der Waals surface area contributed by atoms with Crippen LogP contribution in [0.3, 0.4) is 0 Å². The van der Waals surface area contributed by atoms with E-state index in [4.69, 9.17) is 38.9 Å². The Bertz CT molecular complexity index is 987. The topological polar surface area (TPSA) is 146 Å². The quantitative estimate of drug-likeness (QED) is 0.494. The van der Waals surface area contributed by atoms with E-state index in [1.807, 2.05) is 13.8 Å². The van der Waals surface area contributed by atoms with Gasteiger partial charge in [-0.25, -0.2) is 5.10 Å². The van der Waals surface area contributed by atoms with Crippen molar-refractivity contribution in [1.29, 1.82) is 5.26 Å². The zero-order chi connectivity index (χ0) is 20.1. The maximum Gasteiger partial charge on any atom is 0.280 e. The monoisotopic (exact) mass is 408 g/mol. The molecule has 0 fully saturated rings. The average molecular weight is 409 g/mol. The third-order valence-corrected chi connectivity index (χ3v) is 3.83. The smallest absolute Gasteiger partial charge is 0.280 e. The number of hydrazone groups is 1. The first-order valence-electron chi connectivity index (χ1n) is 7.53. The molecule has 140 valence electrons. The van der Waals surface area contributed by atoms with Gasteiger partial charge in [0.25, 0.3) is 11.5 Å². The zero-order valence-corrected chi connectivity index (χ0v) is 15.7. The lowest BCUT2D eigenvalue weighted by Gasteiger charge is -2.12. The number of anilines is 1. The predicted octanol–water partition coefficient (Wildman–Crippen LogP) is 2.77. The Labute approximate surface area is 163 Å². The van der Waals surface area contributed by atoms with Gasteiger partial charge in [0.1, 0.15) is 6.07 Å². The molecule has 0 unspecified atom stereocenters. The molecule has 0 atom stereocenters. The van der Waals surface area contributed by atoms with E-state index >= 15 is 0 Å². The van der Waals surface area contributed by atoms with Gasteiger partial charge in [-0.3, -0.25) is 15.0 Å². The van der Waals surface area contributed by atoms with E-state index in [1.165, 1.54) is 18.2 Å². The van der Waals surface area contributed by atoms with Crippen molar-refractivity contribution in [3.63, 3.8) is 0 Å². The number of halogens is 2. The van der Waals surface area contributed by atoms with Crippen LogP contribution < -0.4 is 21.5 Å². The van der Waals surface area contributed by atoms with Crippen molar-refractivity contribution in [1.82, 2.24) is 10.2 Å². The van der Waals surface area contributed by atoms with E-state index in [0.29, 0.717) is 11.3 Å². The number of nitriles is 1. The molecule has 1 aromatic heterocycles. The first-order valence-corrected chi connectivity index (χ1v) is 8.28. The third kappa shape index (κ3) is 4.97. The summed E-state index contributed by atoms with van der Waals surface area (Å²) >= 11 is 12.4. The molecule has 27 heavy (non-hydrogen) atoms. The molecule has 0 aliphatic carbocycles. The molecule has 0 aliphatic heterocycles. The van der Waals surface area contributed by atoms with Gasteiger partial charge >= 0.3 is 0 Å². The van der Waals surface area contributed by atoms with E-state index in [1.54, 1.807) is 6.07 Å². The summed E-state index contributed by atoms with van der Waals surface area (Å²) in [4.78, 5) is 22.7. The standard InChI is InChI=1S/C16H14Cl2N6O3/c1-7(2)9-5-13(23-24-16(9)26)27-14-10(17)3-8(4-11(14)18)21-22-12(6-19)15(20)25/h3-5,7,21H,1-2H3,(H2,20,25)(H,24,26). The van der Waals surface area contributed by atoms with Crippen LogP contribution in [0.25, 0.3) is 0 Å². The molecule has 1 amide bonds. The lowest BCUT2D eigenvalue weighted by atomic mass is 10.1. The van der Waals surface area contributed by atoms with Crippen LogP contribution in [-0.2, 0) is 4.79 Å². The molecule has 9 nitrogen and oxygen atoms in total. The van der Waals surface area contributed by atoms with E-state index in [2.05, 4.69) is 20.7 Å². The van der Waals surface area contributed by atoms with Gasteiger partial charge in [0.2, 0.25) is 11.6 Å². The number of ether oxygens (including phenoxy) is 1. The number of H-pyrrole nitrogens is 1. The van der Waals surface area contributed by atoms with Crippen LogP contribution >= 0.6 is 23.2 Å². The van der Waals surface area contributed by atoms with Crippen molar-refractivity contribution in [2.24, 2.45) is 10.8 Å². The normalized spacial score (nSPS) is 11.2. The van der Waals surface area contributed by atoms with Gasteiger partial charge in [-0.2, -0.15) is 10.4 Å². The molecule has 2 aromatic rings. The fraction of sp³-hybridized carbons (Fsp3) is 0.188. The number of hydrogen-bond donors (Lipinski definition) is 3. The zero-order valence-electron chi connectivity index (χ0n) is 14.2. The van der Waals surface area contributed by atoms with E-state index < -0.39 is 11.6 Å². The predicted molar refractivity (Wildman–Crippen MR) is 101 cm³/mol. The number of benzene rings is 1. The SMILES string of the molecule is CC(C)c1cc(Oc2c(Cl)cc(NN=C(C#N)C(N)=O)cc2Cl)n[nH]c1=O. The Kier molecular flexibility index (Phi) is 6.39. The minimum atomic E-state index is -0.979. The number of primary amides is 1. The number of nitrogens with two attached hydrogens (primary N) is 1. The molecular formula is C16H14Cl2N6O3. The molecular weight excluding hydrogens is 395 g/mol. The lowest BCUT2D eigenvalue weighted by molar-refractivity contribution is -0.111. The molecule has 4 N–H and O–H groups in total. The minimum Gasteiger partial charge on any atom is -0.434 e. The summed E-state index contributed by atoms with van der Waals surface area (Å²) in [5, 5.41) is 18.7. The van der Waals surface area contributed by atoms with Gasteiger partial charge in [0.15, 0.2) is 5.75 Å². The summed E-state index contributed by atoms with van der Waals surface area (Å²) in [5.41, 5.74) is 7.41. The van der Waals surface area contributed by atoms with Crippen molar-refractivity contribution < 1.29 is 9.53 Å². The van der Waals surface area contributed by atoms with Crippen LogP contribution in [0, 0.1) is 11.3 Å². The Balaban J connectivity index is 2.30. The number of aromatic nitrogens is 2. The minimum absolute atomic E-state index is 0.0333. The van der Waals surface area contributed by atoms with Gasteiger partial charge in [-0.1, -0.05) is 37.0 Å². The van der Waals surface area contributed by atoms with Crippen LogP contribution in [0.1, 0.15) is 25.3 Å². The Morgan fingerprint density at radius 3 is 2.52 bits per heavy atom. The third-order valence-electron chi connectivity index (χ3n) is 3.27. The van der Waals surface area contributed by atoms with Gasteiger partial charge in [0.05, 0.1) is 15.7 Å². The number of hydrogen-bond acceptors (Lipinski definition) is 7. The number of nitrogens with one attached hydrogen (secondary N) is 2. The molecule has 1 aromatic carbocycles.